The SMILES string of the molecule is CCCC(C)(C(=O)OCC)C1(N)CC1. The van der Waals surface area contributed by atoms with Gasteiger partial charge in [0.05, 0.1) is 12.0 Å². The molecule has 1 aliphatic carbocycles. The molecule has 3 nitrogen and oxygen atoms in total. The second-order valence-electron chi connectivity index (χ2n) is 4.46. The molecule has 14 heavy (non-hydrogen) atoms. The van der Waals surface area contributed by atoms with E-state index in [1.807, 2.05) is 13.8 Å². The van der Waals surface area contributed by atoms with Crippen molar-refractivity contribution in [3.05, 3.63) is 0 Å². The molecule has 1 aliphatic rings. The van der Waals surface area contributed by atoms with Crippen molar-refractivity contribution in [1.82, 2.24) is 0 Å². The summed E-state index contributed by atoms with van der Waals surface area (Å²) in [7, 11) is 0. The third-order valence-corrected chi connectivity index (χ3v) is 3.36. The summed E-state index contributed by atoms with van der Waals surface area (Å²) in [6.07, 6.45) is 3.68. The maximum Gasteiger partial charge on any atom is 0.313 e. The van der Waals surface area contributed by atoms with Crippen LogP contribution in [0, 0.1) is 5.41 Å². The van der Waals surface area contributed by atoms with Gasteiger partial charge in [-0.1, -0.05) is 13.3 Å². The minimum absolute atomic E-state index is 0.123. The second kappa shape index (κ2) is 3.89. The zero-order valence-electron chi connectivity index (χ0n) is 9.43. The molecule has 0 aromatic carbocycles. The van der Waals surface area contributed by atoms with Gasteiger partial charge in [-0.3, -0.25) is 4.79 Å². The lowest BCUT2D eigenvalue weighted by atomic mass is 9.76. The van der Waals surface area contributed by atoms with Crippen LogP contribution in [0.1, 0.15) is 46.5 Å². The maximum atomic E-state index is 11.8. The largest absolute Gasteiger partial charge is 0.466 e. The van der Waals surface area contributed by atoms with E-state index in [1.165, 1.54) is 0 Å². The summed E-state index contributed by atoms with van der Waals surface area (Å²) in [6.45, 7) is 6.29. The predicted molar refractivity (Wildman–Crippen MR) is 55.8 cm³/mol. The number of hydrogen-bond acceptors (Lipinski definition) is 3. The van der Waals surface area contributed by atoms with Crippen LogP contribution >= 0.6 is 0 Å². The van der Waals surface area contributed by atoms with Crippen LogP contribution < -0.4 is 5.73 Å². The molecule has 0 aromatic heterocycles. The first-order chi connectivity index (χ1) is 6.50. The van der Waals surface area contributed by atoms with E-state index < -0.39 is 5.41 Å². The number of hydrogen-bond donors (Lipinski definition) is 1. The molecule has 0 bridgehead atoms. The Morgan fingerprint density at radius 1 is 1.50 bits per heavy atom. The van der Waals surface area contributed by atoms with Gasteiger partial charge in [-0.2, -0.15) is 0 Å². The average Bonchev–Trinajstić information content (AvgIpc) is 2.86. The lowest BCUT2D eigenvalue weighted by Gasteiger charge is -2.33. The number of carbonyl (C=O) groups excluding carboxylic acids is 1. The Kier molecular flexibility index (Phi) is 3.20. The molecular weight excluding hydrogens is 178 g/mol. The Balaban J connectivity index is 2.75. The highest BCUT2D eigenvalue weighted by atomic mass is 16.5. The van der Waals surface area contributed by atoms with Crippen LogP contribution in [0.2, 0.25) is 0 Å². The molecule has 0 heterocycles. The van der Waals surface area contributed by atoms with Crippen LogP contribution in [-0.2, 0) is 9.53 Å². The van der Waals surface area contributed by atoms with Crippen LogP contribution in [0.3, 0.4) is 0 Å². The fraction of sp³-hybridized carbons (Fsp3) is 0.909. The standard InChI is InChI=1S/C11H21NO2/c1-4-6-10(3,9(13)14-5-2)11(12)7-8-11/h4-8,12H2,1-3H3. The van der Waals surface area contributed by atoms with E-state index >= 15 is 0 Å². The highest BCUT2D eigenvalue weighted by Crippen LogP contribution is 2.50. The molecule has 82 valence electrons. The monoisotopic (exact) mass is 199 g/mol. The van der Waals surface area contributed by atoms with Crippen molar-refractivity contribution in [1.29, 1.82) is 0 Å². The molecule has 0 spiro atoms. The molecule has 1 atom stereocenters. The first kappa shape index (κ1) is 11.5. The molecule has 1 saturated carbocycles. The van der Waals surface area contributed by atoms with E-state index in [2.05, 4.69) is 6.92 Å². The minimum Gasteiger partial charge on any atom is -0.466 e. The van der Waals surface area contributed by atoms with E-state index in [4.69, 9.17) is 10.5 Å². The van der Waals surface area contributed by atoms with Gasteiger partial charge in [0.2, 0.25) is 0 Å². The average molecular weight is 199 g/mol. The highest BCUT2D eigenvalue weighted by molar-refractivity contribution is 5.79. The van der Waals surface area contributed by atoms with Gasteiger partial charge in [-0.15, -0.1) is 0 Å². The summed E-state index contributed by atoms with van der Waals surface area (Å²) in [5.74, 6) is -0.123. The third-order valence-electron chi connectivity index (χ3n) is 3.36. The quantitative estimate of drug-likeness (QED) is 0.687. The summed E-state index contributed by atoms with van der Waals surface area (Å²) >= 11 is 0. The molecule has 0 amide bonds. The van der Waals surface area contributed by atoms with Crippen molar-refractivity contribution in [2.75, 3.05) is 6.61 Å². The summed E-state index contributed by atoms with van der Waals surface area (Å²) in [6, 6.07) is 0. The smallest absolute Gasteiger partial charge is 0.313 e. The Labute approximate surface area is 86.0 Å². The van der Waals surface area contributed by atoms with E-state index in [-0.39, 0.29) is 11.5 Å². The zero-order chi connectivity index (χ0) is 10.8. The second-order valence-corrected chi connectivity index (χ2v) is 4.46. The molecule has 0 aliphatic heterocycles. The molecule has 3 heteroatoms. The molecule has 0 radical (unpaired) electrons. The number of ether oxygens (including phenoxy) is 1. The minimum atomic E-state index is -0.474. The van der Waals surface area contributed by atoms with Gasteiger partial charge in [0, 0.05) is 5.54 Å². The molecule has 2 N–H and O–H groups in total. The number of rotatable bonds is 5. The molecule has 0 saturated heterocycles. The Hall–Kier alpha value is -0.570. The van der Waals surface area contributed by atoms with E-state index in [9.17, 15) is 4.79 Å². The van der Waals surface area contributed by atoms with Gasteiger partial charge in [-0.25, -0.2) is 0 Å². The van der Waals surface area contributed by atoms with Gasteiger partial charge in [0.15, 0.2) is 0 Å². The Morgan fingerprint density at radius 3 is 2.43 bits per heavy atom. The van der Waals surface area contributed by atoms with Crippen LogP contribution in [0.4, 0.5) is 0 Å². The van der Waals surface area contributed by atoms with E-state index in [0.29, 0.717) is 6.61 Å². The fourth-order valence-electron chi connectivity index (χ4n) is 2.03. The molecule has 1 unspecified atom stereocenters. The fourth-order valence-corrected chi connectivity index (χ4v) is 2.03. The Bertz CT molecular complexity index is 223. The number of nitrogens with two attached hydrogens (primary N) is 1. The van der Waals surface area contributed by atoms with Crippen molar-refractivity contribution >= 4 is 5.97 Å². The normalized spacial score (nSPS) is 22.6. The van der Waals surface area contributed by atoms with Crippen molar-refractivity contribution in [2.45, 2.75) is 52.0 Å². The van der Waals surface area contributed by atoms with Crippen LogP contribution in [0.15, 0.2) is 0 Å². The lowest BCUT2D eigenvalue weighted by molar-refractivity contribution is -0.157. The summed E-state index contributed by atoms with van der Waals surface area (Å²) in [5, 5.41) is 0. The van der Waals surface area contributed by atoms with Gasteiger partial charge in [0.1, 0.15) is 0 Å². The third kappa shape index (κ3) is 1.78. The van der Waals surface area contributed by atoms with E-state index in [1.54, 1.807) is 0 Å². The molecule has 1 rings (SSSR count). The topological polar surface area (TPSA) is 52.3 Å². The van der Waals surface area contributed by atoms with Crippen LogP contribution in [-0.4, -0.2) is 18.1 Å². The van der Waals surface area contributed by atoms with Crippen LogP contribution in [0.5, 0.6) is 0 Å². The van der Waals surface area contributed by atoms with Crippen molar-refractivity contribution in [2.24, 2.45) is 11.1 Å². The summed E-state index contributed by atoms with van der Waals surface area (Å²) in [4.78, 5) is 11.8. The first-order valence-corrected chi connectivity index (χ1v) is 5.46. The Morgan fingerprint density at radius 2 is 2.07 bits per heavy atom. The number of carbonyl (C=O) groups is 1. The molecule has 1 fully saturated rings. The van der Waals surface area contributed by atoms with Crippen molar-refractivity contribution in [3.63, 3.8) is 0 Å². The zero-order valence-corrected chi connectivity index (χ0v) is 9.43. The lowest BCUT2D eigenvalue weighted by Crippen LogP contribution is -2.48. The van der Waals surface area contributed by atoms with E-state index in [0.717, 1.165) is 25.7 Å². The molecule has 0 aromatic rings. The highest BCUT2D eigenvalue weighted by Gasteiger charge is 2.58. The summed E-state index contributed by atoms with van der Waals surface area (Å²) < 4.78 is 5.11. The first-order valence-electron chi connectivity index (χ1n) is 5.46. The molecular formula is C11H21NO2. The van der Waals surface area contributed by atoms with Gasteiger partial charge < -0.3 is 10.5 Å². The van der Waals surface area contributed by atoms with Crippen molar-refractivity contribution < 1.29 is 9.53 Å². The van der Waals surface area contributed by atoms with Gasteiger partial charge >= 0.3 is 5.97 Å². The van der Waals surface area contributed by atoms with Gasteiger partial charge in [-0.05, 0) is 33.1 Å². The number of esters is 1. The predicted octanol–water partition coefficient (Wildman–Crippen LogP) is 1.85. The van der Waals surface area contributed by atoms with Crippen LogP contribution in [0.25, 0.3) is 0 Å². The summed E-state index contributed by atoms with van der Waals surface area (Å²) in [5.41, 5.74) is 5.37. The maximum absolute atomic E-state index is 11.8. The van der Waals surface area contributed by atoms with Gasteiger partial charge in [0.25, 0.3) is 0 Å². The van der Waals surface area contributed by atoms with Crippen molar-refractivity contribution in [3.8, 4) is 0 Å².